The van der Waals surface area contributed by atoms with E-state index >= 15 is 0 Å². The summed E-state index contributed by atoms with van der Waals surface area (Å²) in [6.45, 7) is 7.10. The van der Waals surface area contributed by atoms with E-state index in [1.165, 1.54) is 11.1 Å². The predicted molar refractivity (Wildman–Crippen MR) is 125 cm³/mol. The van der Waals surface area contributed by atoms with E-state index < -0.39 is 0 Å². The Bertz CT molecular complexity index is 890. The molecule has 1 aromatic carbocycles. The van der Waals surface area contributed by atoms with Crippen LogP contribution in [0.5, 0.6) is 0 Å². The van der Waals surface area contributed by atoms with Crippen LogP contribution in [0.1, 0.15) is 30.9 Å². The maximum absolute atomic E-state index is 12.4. The van der Waals surface area contributed by atoms with Gasteiger partial charge in [-0.15, -0.1) is 0 Å². The maximum Gasteiger partial charge on any atom is 0.251 e. The van der Waals surface area contributed by atoms with E-state index in [1.807, 2.05) is 0 Å². The first-order valence-corrected chi connectivity index (χ1v) is 11.5. The van der Waals surface area contributed by atoms with Crippen LogP contribution in [-0.4, -0.2) is 57.6 Å². The number of hydrogen-bond donors (Lipinski definition) is 1. The van der Waals surface area contributed by atoms with Crippen molar-refractivity contribution >= 4 is 11.5 Å². The minimum atomic E-state index is -0.0285. The monoisotopic (exact) mass is 425 g/mol. The molecule has 2 aliphatic rings. The van der Waals surface area contributed by atoms with Crippen LogP contribution >= 0.6 is 0 Å². The molecule has 1 N–H and O–H groups in total. The van der Waals surface area contributed by atoms with Crippen LogP contribution in [0.3, 0.4) is 0 Å². The first-order valence-electron chi connectivity index (χ1n) is 11.5. The summed E-state index contributed by atoms with van der Waals surface area (Å²) in [4.78, 5) is 20.1. The Balaban J connectivity index is 1.44. The summed E-state index contributed by atoms with van der Waals surface area (Å²) in [5.74, 6) is 1.47. The second kappa shape index (κ2) is 10.3. The minimum absolute atomic E-state index is 0.0285. The van der Waals surface area contributed by atoms with E-state index in [1.54, 1.807) is 13.2 Å². The van der Waals surface area contributed by atoms with Crippen molar-refractivity contribution in [2.24, 2.45) is 5.92 Å². The van der Waals surface area contributed by atoms with Crippen LogP contribution in [0.25, 0.3) is 0 Å². The Morgan fingerprint density at radius 3 is 2.61 bits per heavy atom. The Morgan fingerprint density at radius 1 is 1.13 bits per heavy atom. The molecule has 168 valence electrons. The van der Waals surface area contributed by atoms with Gasteiger partial charge < -0.3 is 24.3 Å². The molecule has 0 spiro atoms. The van der Waals surface area contributed by atoms with Gasteiger partial charge in [-0.1, -0.05) is 31.2 Å². The van der Waals surface area contributed by atoms with E-state index in [0.29, 0.717) is 25.2 Å². The van der Waals surface area contributed by atoms with Crippen molar-refractivity contribution in [3.05, 3.63) is 57.9 Å². The van der Waals surface area contributed by atoms with Crippen molar-refractivity contribution in [1.82, 2.24) is 4.98 Å². The summed E-state index contributed by atoms with van der Waals surface area (Å²) >= 11 is 0. The lowest BCUT2D eigenvalue weighted by atomic mass is 9.98. The average Bonchev–Trinajstić information content (AvgIpc) is 3.24. The van der Waals surface area contributed by atoms with E-state index in [9.17, 15) is 4.79 Å². The van der Waals surface area contributed by atoms with E-state index in [0.717, 1.165) is 63.4 Å². The second-order valence-corrected chi connectivity index (χ2v) is 8.96. The Kier molecular flexibility index (Phi) is 7.30. The molecule has 0 amide bonds. The molecule has 2 atom stereocenters. The number of rotatable bonds is 8. The van der Waals surface area contributed by atoms with Crippen molar-refractivity contribution in [3.8, 4) is 0 Å². The van der Waals surface area contributed by atoms with Crippen LogP contribution in [0, 0.1) is 5.92 Å². The number of pyridine rings is 1. The van der Waals surface area contributed by atoms with Crippen molar-refractivity contribution < 1.29 is 9.47 Å². The molecule has 6 nitrogen and oxygen atoms in total. The number of methoxy groups -OCH3 is 1. The quantitative estimate of drug-likeness (QED) is 0.704. The lowest BCUT2D eigenvalue weighted by molar-refractivity contribution is 0.122. The van der Waals surface area contributed by atoms with E-state index in [4.69, 9.17) is 9.47 Å². The highest BCUT2D eigenvalue weighted by atomic mass is 16.5. The molecule has 2 saturated heterocycles. The van der Waals surface area contributed by atoms with Crippen molar-refractivity contribution in [2.75, 3.05) is 56.4 Å². The molecule has 2 aromatic rings. The van der Waals surface area contributed by atoms with Gasteiger partial charge in [-0.25, -0.2) is 0 Å². The molecule has 31 heavy (non-hydrogen) atoms. The first kappa shape index (κ1) is 21.9. The van der Waals surface area contributed by atoms with Gasteiger partial charge in [0.25, 0.3) is 5.56 Å². The van der Waals surface area contributed by atoms with Gasteiger partial charge in [0.2, 0.25) is 0 Å². The summed E-state index contributed by atoms with van der Waals surface area (Å²) in [5, 5.41) is 0. The third kappa shape index (κ3) is 5.69. The van der Waals surface area contributed by atoms with Crippen molar-refractivity contribution in [3.63, 3.8) is 0 Å². The van der Waals surface area contributed by atoms with Crippen LogP contribution in [0.15, 0.2) is 41.2 Å². The molecule has 0 radical (unpaired) electrons. The number of anilines is 2. The zero-order valence-corrected chi connectivity index (χ0v) is 18.8. The van der Waals surface area contributed by atoms with Gasteiger partial charge in [-0.2, -0.15) is 0 Å². The fraction of sp³-hybridized carbons (Fsp3) is 0.560. The molecule has 4 rings (SSSR count). The number of nitrogens with one attached hydrogen (secondary N) is 1. The molecule has 1 aromatic heterocycles. The summed E-state index contributed by atoms with van der Waals surface area (Å²) in [5.41, 5.74) is 3.69. The highest BCUT2D eigenvalue weighted by Crippen LogP contribution is 2.28. The lowest BCUT2D eigenvalue weighted by Crippen LogP contribution is -2.37. The number of nitrogens with zero attached hydrogens (tertiary/aromatic N) is 2. The topological polar surface area (TPSA) is 57.8 Å². The van der Waals surface area contributed by atoms with Gasteiger partial charge in [-0.05, 0) is 42.7 Å². The molecular weight excluding hydrogens is 390 g/mol. The normalized spacial score (nSPS) is 20.3. The zero-order chi connectivity index (χ0) is 21.6. The third-order valence-corrected chi connectivity index (χ3v) is 6.41. The van der Waals surface area contributed by atoms with Crippen LogP contribution in [0.2, 0.25) is 0 Å². The molecule has 6 heteroatoms. The van der Waals surface area contributed by atoms with E-state index in [2.05, 4.69) is 52.0 Å². The number of H-pyrrole nitrogens is 1. The highest BCUT2D eigenvalue weighted by Gasteiger charge is 2.26. The Hall–Kier alpha value is -2.31. The zero-order valence-electron chi connectivity index (χ0n) is 18.8. The number of hydrogen-bond acceptors (Lipinski definition) is 5. The number of ether oxygens (including phenoxy) is 2. The van der Waals surface area contributed by atoms with Gasteiger partial charge in [0, 0.05) is 57.2 Å². The molecule has 0 aliphatic carbocycles. The van der Waals surface area contributed by atoms with Gasteiger partial charge in [-0.3, -0.25) is 4.79 Å². The molecular formula is C25H35N3O3. The summed E-state index contributed by atoms with van der Waals surface area (Å²) < 4.78 is 10.7. The first-order chi connectivity index (χ1) is 15.1. The smallest absolute Gasteiger partial charge is 0.251 e. The highest BCUT2D eigenvalue weighted by molar-refractivity contribution is 5.56. The van der Waals surface area contributed by atoms with Crippen LogP contribution in [-0.2, 0) is 22.3 Å². The lowest BCUT2D eigenvalue weighted by Gasteiger charge is -2.31. The molecule has 3 heterocycles. The van der Waals surface area contributed by atoms with Crippen molar-refractivity contribution in [1.29, 1.82) is 0 Å². The second-order valence-electron chi connectivity index (χ2n) is 8.96. The van der Waals surface area contributed by atoms with Crippen LogP contribution in [0.4, 0.5) is 11.5 Å². The third-order valence-electron chi connectivity index (χ3n) is 6.41. The van der Waals surface area contributed by atoms with Crippen LogP contribution < -0.4 is 15.4 Å². The van der Waals surface area contributed by atoms with E-state index in [-0.39, 0.29) is 5.56 Å². The van der Waals surface area contributed by atoms with Gasteiger partial charge >= 0.3 is 0 Å². The molecule has 0 bridgehead atoms. The Morgan fingerprint density at radius 2 is 1.87 bits per heavy atom. The van der Waals surface area contributed by atoms with Gasteiger partial charge in [0.1, 0.15) is 5.82 Å². The standard InChI is InChI=1S/C25H35N3O3/c1-19(18-30-2)14-20-5-7-21(8-6-20)15-22-4-3-9-28(22)24-16-23(17-25(29)26-24)27-10-12-31-13-11-27/h5-8,16-17,19,22H,3-4,9-15,18H2,1-2H3,(H,26,29)/t19-,22-/m0/s1. The number of morpholine rings is 1. The minimum Gasteiger partial charge on any atom is -0.384 e. The SMILES string of the molecule is COC[C@@H](C)Cc1ccc(C[C@@H]2CCCN2c2cc(N3CCOCC3)cc(=O)[nH]2)cc1. The van der Waals surface area contributed by atoms with Gasteiger partial charge in [0.15, 0.2) is 0 Å². The average molecular weight is 426 g/mol. The fourth-order valence-electron chi connectivity index (χ4n) is 4.87. The summed E-state index contributed by atoms with van der Waals surface area (Å²) in [6.07, 6.45) is 4.34. The maximum atomic E-state index is 12.4. The van der Waals surface area contributed by atoms with Gasteiger partial charge in [0.05, 0.1) is 13.2 Å². The number of benzene rings is 1. The number of aromatic amines is 1. The van der Waals surface area contributed by atoms with Crippen molar-refractivity contribution in [2.45, 2.75) is 38.6 Å². The fourth-order valence-corrected chi connectivity index (χ4v) is 4.87. The molecule has 0 saturated carbocycles. The molecule has 2 aliphatic heterocycles. The largest absolute Gasteiger partial charge is 0.384 e. The molecule has 2 fully saturated rings. The number of aromatic nitrogens is 1. The summed E-state index contributed by atoms with van der Waals surface area (Å²) in [6, 6.07) is 13.3. The Labute approximate surface area is 185 Å². The molecule has 0 unspecified atom stereocenters. The summed E-state index contributed by atoms with van der Waals surface area (Å²) in [7, 11) is 1.76. The predicted octanol–water partition coefficient (Wildman–Crippen LogP) is 3.25.